The molecule has 3 atom stereocenters. The highest BCUT2D eigenvalue weighted by Gasteiger charge is 2.30. The molecule has 0 aromatic carbocycles. The molecule has 0 unspecified atom stereocenters. The topological polar surface area (TPSA) is 87.7 Å². The summed E-state index contributed by atoms with van der Waals surface area (Å²) >= 11 is 0. The normalized spacial score (nSPS) is 19.6. The second kappa shape index (κ2) is 10.00. The van der Waals surface area contributed by atoms with Gasteiger partial charge >= 0.3 is 6.09 Å². The molecule has 6 nitrogen and oxygen atoms in total. The van der Waals surface area contributed by atoms with E-state index >= 15 is 0 Å². The van der Waals surface area contributed by atoms with Crippen molar-refractivity contribution in [1.29, 1.82) is 0 Å². The van der Waals surface area contributed by atoms with Crippen LogP contribution in [0.2, 0.25) is 0 Å². The minimum absolute atomic E-state index is 0.104. The second-order valence-electron chi connectivity index (χ2n) is 8.31. The first-order valence-corrected chi connectivity index (χ1v) is 9.51. The Bertz CT molecular complexity index is 428. The van der Waals surface area contributed by atoms with Crippen molar-refractivity contribution in [3.05, 3.63) is 0 Å². The Morgan fingerprint density at radius 2 is 1.80 bits per heavy atom. The molecule has 0 bridgehead atoms. The summed E-state index contributed by atoms with van der Waals surface area (Å²) in [4.78, 5) is 23.9. The number of carbonyl (C=O) groups excluding carboxylic acids is 2. The van der Waals surface area contributed by atoms with E-state index in [0.717, 1.165) is 19.3 Å². The van der Waals surface area contributed by atoms with Gasteiger partial charge in [-0.15, -0.1) is 0 Å². The van der Waals surface area contributed by atoms with E-state index in [9.17, 15) is 14.7 Å². The summed E-state index contributed by atoms with van der Waals surface area (Å²) in [6, 6.07) is -0.398. The van der Waals surface area contributed by atoms with E-state index in [1.54, 1.807) is 14.0 Å². The Labute approximate surface area is 152 Å². The molecule has 0 aromatic rings. The average Bonchev–Trinajstić information content (AvgIpc) is 2.52. The number of hydrogen-bond donors (Lipinski definition) is 3. The molecule has 0 aliphatic heterocycles. The number of aliphatic hydroxyl groups is 1. The molecule has 1 aliphatic carbocycles. The zero-order valence-electron chi connectivity index (χ0n) is 16.4. The number of nitrogens with one attached hydrogen (secondary N) is 2. The van der Waals surface area contributed by atoms with Crippen LogP contribution in [0.25, 0.3) is 0 Å². The molecule has 0 spiro atoms. The zero-order valence-corrected chi connectivity index (χ0v) is 16.4. The van der Waals surface area contributed by atoms with Crippen molar-refractivity contribution in [2.75, 3.05) is 7.05 Å². The highest BCUT2D eigenvalue weighted by atomic mass is 16.6. The SMILES string of the molecule is CNC(=O)[C@H](C)C[C@H](O)[C@H](CC1CCCCC1)NC(=O)OC(C)(C)C. The van der Waals surface area contributed by atoms with Crippen LogP contribution >= 0.6 is 0 Å². The highest BCUT2D eigenvalue weighted by Crippen LogP contribution is 2.29. The van der Waals surface area contributed by atoms with E-state index in [2.05, 4.69) is 10.6 Å². The van der Waals surface area contributed by atoms with Gasteiger partial charge in [0.1, 0.15) is 5.60 Å². The van der Waals surface area contributed by atoms with E-state index in [1.807, 2.05) is 20.8 Å². The van der Waals surface area contributed by atoms with Crippen molar-refractivity contribution in [1.82, 2.24) is 10.6 Å². The van der Waals surface area contributed by atoms with Gasteiger partial charge in [-0.25, -0.2) is 4.79 Å². The van der Waals surface area contributed by atoms with Crippen molar-refractivity contribution in [3.8, 4) is 0 Å². The van der Waals surface area contributed by atoms with Crippen LogP contribution in [0.5, 0.6) is 0 Å². The molecule has 0 heterocycles. The van der Waals surface area contributed by atoms with Gasteiger partial charge in [0.05, 0.1) is 12.1 Å². The molecule has 1 aliphatic rings. The number of ether oxygens (including phenoxy) is 1. The molecule has 146 valence electrons. The summed E-state index contributed by atoms with van der Waals surface area (Å²) in [6.07, 6.45) is 5.67. The van der Waals surface area contributed by atoms with Crippen LogP contribution < -0.4 is 10.6 Å². The first-order valence-electron chi connectivity index (χ1n) is 9.51. The summed E-state index contributed by atoms with van der Waals surface area (Å²) in [7, 11) is 1.59. The minimum atomic E-state index is -0.776. The van der Waals surface area contributed by atoms with E-state index in [-0.39, 0.29) is 11.8 Å². The van der Waals surface area contributed by atoms with E-state index < -0.39 is 23.8 Å². The van der Waals surface area contributed by atoms with Gasteiger partial charge in [0.25, 0.3) is 0 Å². The number of aliphatic hydroxyl groups excluding tert-OH is 1. The lowest BCUT2D eigenvalue weighted by atomic mass is 9.82. The van der Waals surface area contributed by atoms with Gasteiger partial charge in [-0.2, -0.15) is 0 Å². The fourth-order valence-corrected chi connectivity index (χ4v) is 3.43. The van der Waals surface area contributed by atoms with Crippen LogP contribution in [0.15, 0.2) is 0 Å². The van der Waals surface area contributed by atoms with Crippen LogP contribution in [0.3, 0.4) is 0 Å². The number of hydrogen-bond acceptors (Lipinski definition) is 4. The summed E-state index contributed by atoms with van der Waals surface area (Å²) in [5.74, 6) is 0.0840. The molecule has 1 saturated carbocycles. The van der Waals surface area contributed by atoms with Crippen molar-refractivity contribution in [3.63, 3.8) is 0 Å². The molecular weight excluding hydrogens is 320 g/mol. The monoisotopic (exact) mass is 356 g/mol. The lowest BCUT2D eigenvalue weighted by Crippen LogP contribution is -2.47. The van der Waals surface area contributed by atoms with Crippen LogP contribution in [0.1, 0.15) is 72.6 Å². The fourth-order valence-electron chi connectivity index (χ4n) is 3.43. The summed E-state index contributed by atoms with van der Waals surface area (Å²) in [5, 5.41) is 16.1. The van der Waals surface area contributed by atoms with Crippen LogP contribution in [-0.2, 0) is 9.53 Å². The van der Waals surface area contributed by atoms with Crippen LogP contribution in [-0.4, -0.2) is 41.9 Å². The molecule has 0 radical (unpaired) electrons. The van der Waals surface area contributed by atoms with Gasteiger partial charge in [-0.3, -0.25) is 4.79 Å². The highest BCUT2D eigenvalue weighted by molar-refractivity contribution is 5.77. The van der Waals surface area contributed by atoms with Gasteiger partial charge in [0.2, 0.25) is 5.91 Å². The van der Waals surface area contributed by atoms with Gasteiger partial charge < -0.3 is 20.5 Å². The third-order valence-electron chi connectivity index (χ3n) is 4.77. The summed E-state index contributed by atoms with van der Waals surface area (Å²) < 4.78 is 5.34. The first kappa shape index (κ1) is 21.7. The molecule has 3 N–H and O–H groups in total. The predicted octanol–water partition coefficient (Wildman–Crippen LogP) is 2.98. The van der Waals surface area contributed by atoms with Crippen molar-refractivity contribution < 1.29 is 19.4 Å². The molecule has 1 rings (SSSR count). The van der Waals surface area contributed by atoms with Crippen LogP contribution in [0.4, 0.5) is 4.79 Å². The Kier molecular flexibility index (Phi) is 8.69. The number of rotatable bonds is 7. The molecule has 0 saturated heterocycles. The van der Waals surface area contributed by atoms with E-state index in [4.69, 9.17) is 4.74 Å². The van der Waals surface area contributed by atoms with Gasteiger partial charge in [-0.05, 0) is 39.5 Å². The maximum Gasteiger partial charge on any atom is 0.407 e. The Morgan fingerprint density at radius 3 is 2.32 bits per heavy atom. The van der Waals surface area contributed by atoms with Gasteiger partial charge in [0, 0.05) is 13.0 Å². The number of carbonyl (C=O) groups is 2. The van der Waals surface area contributed by atoms with E-state index in [1.165, 1.54) is 19.3 Å². The first-order chi connectivity index (χ1) is 11.6. The maximum absolute atomic E-state index is 12.2. The number of amides is 2. The Balaban J connectivity index is 2.71. The van der Waals surface area contributed by atoms with Crippen molar-refractivity contribution in [2.45, 2.75) is 90.4 Å². The zero-order chi connectivity index (χ0) is 19.0. The van der Waals surface area contributed by atoms with E-state index in [0.29, 0.717) is 12.3 Å². The third-order valence-corrected chi connectivity index (χ3v) is 4.77. The molecule has 6 heteroatoms. The summed E-state index contributed by atoms with van der Waals surface area (Å²) in [5.41, 5.74) is -0.584. The van der Waals surface area contributed by atoms with Crippen molar-refractivity contribution >= 4 is 12.0 Å². The Morgan fingerprint density at radius 1 is 1.20 bits per heavy atom. The maximum atomic E-state index is 12.2. The fraction of sp³-hybridized carbons (Fsp3) is 0.895. The quantitative estimate of drug-likeness (QED) is 0.654. The van der Waals surface area contributed by atoms with Gasteiger partial charge in [-0.1, -0.05) is 39.0 Å². The number of alkyl carbamates (subject to hydrolysis) is 1. The third kappa shape index (κ3) is 8.56. The predicted molar refractivity (Wildman–Crippen MR) is 98.2 cm³/mol. The molecule has 25 heavy (non-hydrogen) atoms. The summed E-state index contributed by atoms with van der Waals surface area (Å²) in [6.45, 7) is 7.22. The lowest BCUT2D eigenvalue weighted by Gasteiger charge is -2.31. The molecule has 0 aromatic heterocycles. The largest absolute Gasteiger partial charge is 0.444 e. The molecular formula is C19H36N2O4. The second-order valence-corrected chi connectivity index (χ2v) is 8.31. The molecule has 1 fully saturated rings. The molecule has 2 amide bonds. The van der Waals surface area contributed by atoms with Gasteiger partial charge in [0.15, 0.2) is 0 Å². The lowest BCUT2D eigenvalue weighted by molar-refractivity contribution is -0.125. The smallest absolute Gasteiger partial charge is 0.407 e. The standard InChI is InChI=1S/C19H36N2O4/c1-13(17(23)20-5)11-16(22)15(12-14-9-7-6-8-10-14)21-18(24)25-19(2,3)4/h13-16,22H,6-12H2,1-5H3,(H,20,23)(H,21,24)/t13-,15+,16+/m1/s1. The minimum Gasteiger partial charge on any atom is -0.444 e. The Hall–Kier alpha value is -1.30. The average molecular weight is 357 g/mol. The van der Waals surface area contributed by atoms with Crippen molar-refractivity contribution in [2.24, 2.45) is 11.8 Å². The van der Waals surface area contributed by atoms with Crippen LogP contribution in [0, 0.1) is 11.8 Å².